The lowest BCUT2D eigenvalue weighted by atomic mass is 10.2. The van der Waals surface area contributed by atoms with E-state index in [9.17, 15) is 14.2 Å². The Kier molecular flexibility index (Phi) is 4.20. The van der Waals surface area contributed by atoms with Gasteiger partial charge in [-0.15, -0.1) is 4.67 Å². The SMILES string of the molecule is CCOc1ccccc1[P+](=O)N1CC(NC(=O)O)C1=O. The second kappa shape index (κ2) is 5.88. The first-order valence-electron chi connectivity index (χ1n) is 6.04. The number of hydrogen-bond donors (Lipinski definition) is 2. The molecule has 0 aliphatic carbocycles. The molecule has 1 aliphatic heterocycles. The van der Waals surface area contributed by atoms with Crippen molar-refractivity contribution in [3.63, 3.8) is 0 Å². The molecule has 1 aromatic carbocycles. The molecule has 0 bridgehead atoms. The molecule has 1 saturated heterocycles. The van der Waals surface area contributed by atoms with Gasteiger partial charge in [0, 0.05) is 0 Å². The van der Waals surface area contributed by atoms with Crippen LogP contribution >= 0.6 is 7.95 Å². The fourth-order valence-electron chi connectivity index (χ4n) is 1.85. The lowest BCUT2D eigenvalue weighted by Crippen LogP contribution is -2.61. The zero-order chi connectivity index (χ0) is 14.7. The van der Waals surface area contributed by atoms with Gasteiger partial charge < -0.3 is 15.2 Å². The van der Waals surface area contributed by atoms with Crippen molar-refractivity contribution < 1.29 is 24.0 Å². The van der Waals surface area contributed by atoms with Crippen LogP contribution in [0.2, 0.25) is 0 Å². The van der Waals surface area contributed by atoms with Gasteiger partial charge in [-0.1, -0.05) is 12.1 Å². The van der Waals surface area contributed by atoms with Gasteiger partial charge >= 0.3 is 14.0 Å². The standard InChI is InChI=1S/C12H13N2O5P/c1-2-19-9-5-3-4-6-10(9)20(18)14-7-8(11(14)15)13-12(16)17/h3-6,8,13H,2,7H2,1H3/p+1. The summed E-state index contributed by atoms with van der Waals surface area (Å²) in [6.07, 6.45) is -1.27. The molecule has 2 unspecified atom stereocenters. The van der Waals surface area contributed by atoms with Crippen molar-refractivity contribution in [2.75, 3.05) is 13.2 Å². The van der Waals surface area contributed by atoms with Crippen LogP contribution in [-0.4, -0.2) is 41.0 Å². The number of para-hydroxylation sites is 1. The molecule has 20 heavy (non-hydrogen) atoms. The van der Waals surface area contributed by atoms with E-state index in [2.05, 4.69) is 5.32 Å². The second-order valence-corrected chi connectivity index (χ2v) is 5.61. The summed E-state index contributed by atoms with van der Waals surface area (Å²) in [6.45, 7) is 2.34. The first-order valence-corrected chi connectivity index (χ1v) is 7.25. The average Bonchev–Trinajstić information content (AvgIpc) is 2.43. The van der Waals surface area contributed by atoms with Crippen molar-refractivity contribution in [2.45, 2.75) is 13.0 Å². The van der Waals surface area contributed by atoms with E-state index in [1.165, 1.54) is 0 Å². The van der Waals surface area contributed by atoms with Gasteiger partial charge in [-0.05, 0) is 23.6 Å². The summed E-state index contributed by atoms with van der Waals surface area (Å²) in [7, 11) is -2.10. The zero-order valence-electron chi connectivity index (χ0n) is 10.8. The molecule has 1 fully saturated rings. The van der Waals surface area contributed by atoms with Gasteiger partial charge in [-0.25, -0.2) is 4.79 Å². The Morgan fingerprint density at radius 1 is 1.55 bits per heavy atom. The maximum atomic E-state index is 12.4. The predicted molar refractivity (Wildman–Crippen MR) is 71.5 cm³/mol. The molecule has 0 radical (unpaired) electrons. The lowest BCUT2D eigenvalue weighted by molar-refractivity contribution is -0.136. The predicted octanol–water partition coefficient (Wildman–Crippen LogP) is 0.931. The van der Waals surface area contributed by atoms with E-state index in [0.717, 1.165) is 4.67 Å². The number of nitrogens with zero attached hydrogens (tertiary/aromatic N) is 1. The van der Waals surface area contributed by atoms with Crippen molar-refractivity contribution in [3.05, 3.63) is 24.3 Å². The smallest absolute Gasteiger partial charge is 0.489 e. The quantitative estimate of drug-likeness (QED) is 0.622. The van der Waals surface area contributed by atoms with Gasteiger partial charge in [0.2, 0.25) is 0 Å². The van der Waals surface area contributed by atoms with E-state index in [1.54, 1.807) is 24.3 Å². The molecule has 1 aliphatic rings. The summed E-state index contributed by atoms with van der Waals surface area (Å²) in [5.41, 5.74) is 0. The van der Waals surface area contributed by atoms with Crippen LogP contribution in [-0.2, 0) is 9.36 Å². The van der Waals surface area contributed by atoms with Crippen molar-refractivity contribution in [1.29, 1.82) is 0 Å². The minimum absolute atomic E-state index is 0.0980. The van der Waals surface area contributed by atoms with Crippen LogP contribution in [0.5, 0.6) is 5.75 Å². The van der Waals surface area contributed by atoms with E-state index < -0.39 is 26.0 Å². The number of carbonyl (C=O) groups excluding carboxylic acids is 1. The number of benzene rings is 1. The first kappa shape index (κ1) is 14.3. The summed E-state index contributed by atoms with van der Waals surface area (Å²) < 4.78 is 18.9. The number of β-lactam (4-membered cyclic amide) rings is 1. The van der Waals surface area contributed by atoms with Crippen LogP contribution in [0, 0.1) is 0 Å². The zero-order valence-corrected chi connectivity index (χ0v) is 11.7. The molecule has 8 heteroatoms. The summed E-state index contributed by atoms with van der Waals surface area (Å²) in [5.74, 6) is -0.0154. The molecule has 7 nitrogen and oxygen atoms in total. The molecule has 0 saturated carbocycles. The average molecular weight is 297 g/mol. The van der Waals surface area contributed by atoms with Gasteiger partial charge in [0.05, 0.1) is 13.2 Å². The van der Waals surface area contributed by atoms with Crippen LogP contribution < -0.4 is 15.4 Å². The minimum Gasteiger partial charge on any atom is -0.489 e. The number of ether oxygens (including phenoxy) is 1. The monoisotopic (exact) mass is 297 g/mol. The summed E-state index contributed by atoms with van der Waals surface area (Å²) in [4.78, 5) is 22.2. The summed E-state index contributed by atoms with van der Waals surface area (Å²) in [5, 5.41) is 11.1. The largest absolute Gasteiger partial charge is 0.508 e. The third-order valence-electron chi connectivity index (χ3n) is 2.80. The normalized spacial score (nSPS) is 18.2. The number of carboxylic acid groups (broad SMARTS) is 1. The Morgan fingerprint density at radius 3 is 2.85 bits per heavy atom. The topological polar surface area (TPSA) is 95.9 Å². The number of amides is 2. The Labute approximate surface area is 116 Å². The van der Waals surface area contributed by atoms with E-state index >= 15 is 0 Å². The highest BCUT2D eigenvalue weighted by atomic mass is 31.1. The van der Waals surface area contributed by atoms with E-state index in [-0.39, 0.29) is 6.54 Å². The highest BCUT2D eigenvalue weighted by molar-refractivity contribution is 7.52. The molecule has 2 atom stereocenters. The van der Waals surface area contributed by atoms with Gasteiger partial charge in [-0.3, -0.25) is 4.79 Å². The molecule has 2 amide bonds. The Balaban J connectivity index is 2.10. The number of carbonyl (C=O) groups is 2. The van der Waals surface area contributed by atoms with Crippen LogP contribution in [0.15, 0.2) is 24.3 Å². The third kappa shape index (κ3) is 2.72. The first-order chi connectivity index (χ1) is 9.54. The van der Waals surface area contributed by atoms with Crippen LogP contribution in [0.4, 0.5) is 4.79 Å². The fraction of sp³-hybridized carbons (Fsp3) is 0.333. The van der Waals surface area contributed by atoms with E-state index in [4.69, 9.17) is 9.84 Å². The van der Waals surface area contributed by atoms with Gasteiger partial charge in [-0.2, -0.15) is 0 Å². The van der Waals surface area contributed by atoms with Crippen LogP contribution in [0.25, 0.3) is 0 Å². The lowest BCUT2D eigenvalue weighted by Gasteiger charge is -2.29. The van der Waals surface area contributed by atoms with Gasteiger partial charge in [0.1, 0.15) is 6.04 Å². The number of rotatable bonds is 5. The van der Waals surface area contributed by atoms with Crippen molar-refractivity contribution in [3.8, 4) is 5.75 Å². The summed E-state index contributed by atoms with van der Waals surface area (Å²) >= 11 is 0. The molecular formula is C12H14N2O5P+. The fourth-order valence-corrected chi connectivity index (χ4v) is 3.28. The third-order valence-corrected chi connectivity index (χ3v) is 4.38. The molecule has 1 aromatic rings. The molecule has 0 aromatic heterocycles. The molecule has 0 spiro atoms. The van der Waals surface area contributed by atoms with Crippen molar-refractivity contribution in [2.24, 2.45) is 0 Å². The van der Waals surface area contributed by atoms with Gasteiger partial charge in [0.15, 0.2) is 5.75 Å². The van der Waals surface area contributed by atoms with Crippen LogP contribution in [0.1, 0.15) is 6.92 Å². The molecule has 2 N–H and O–H groups in total. The van der Waals surface area contributed by atoms with Crippen LogP contribution in [0.3, 0.4) is 0 Å². The Bertz CT molecular complexity index is 563. The minimum atomic E-state index is -2.10. The van der Waals surface area contributed by atoms with Crippen molar-refractivity contribution >= 4 is 25.3 Å². The van der Waals surface area contributed by atoms with E-state index in [1.807, 2.05) is 6.92 Å². The molecule has 106 valence electrons. The van der Waals surface area contributed by atoms with E-state index in [0.29, 0.717) is 17.7 Å². The molecule has 2 rings (SSSR count). The number of nitrogens with one attached hydrogen (secondary N) is 1. The van der Waals surface area contributed by atoms with Crippen molar-refractivity contribution in [1.82, 2.24) is 9.99 Å². The van der Waals surface area contributed by atoms with Gasteiger partial charge in [0.25, 0.3) is 11.2 Å². The maximum Gasteiger partial charge on any atom is 0.508 e. The maximum absolute atomic E-state index is 12.4. The summed E-state index contributed by atoms with van der Waals surface area (Å²) in [6, 6.07) is 5.97. The highest BCUT2D eigenvalue weighted by Gasteiger charge is 2.51. The second-order valence-electron chi connectivity index (χ2n) is 4.10. The number of hydrogen-bond acceptors (Lipinski definition) is 4. The molecular weight excluding hydrogens is 283 g/mol. The Hall–Kier alpha value is -2.14. The molecule has 1 heterocycles. The Morgan fingerprint density at radius 2 is 2.25 bits per heavy atom. The highest BCUT2D eigenvalue weighted by Crippen LogP contribution is 2.35.